The number of fused-ring (bicyclic) bond motifs is 3. The minimum Gasteiger partial charge on any atom is -0.481 e. The summed E-state index contributed by atoms with van der Waals surface area (Å²) in [6, 6.07) is 11.9. The van der Waals surface area contributed by atoms with E-state index < -0.39 is 5.97 Å². The van der Waals surface area contributed by atoms with E-state index in [0.717, 1.165) is 6.54 Å². The normalized spacial score (nSPS) is 16.3. The Morgan fingerprint density at radius 3 is 2.67 bits per heavy atom. The van der Waals surface area contributed by atoms with Crippen LogP contribution in [0.2, 0.25) is 0 Å². The minimum atomic E-state index is -0.926. The first-order valence-electron chi connectivity index (χ1n) is 10.6. The van der Waals surface area contributed by atoms with E-state index in [-0.39, 0.29) is 11.8 Å². The summed E-state index contributed by atoms with van der Waals surface area (Å²) < 4.78 is 5.64. The van der Waals surface area contributed by atoms with Gasteiger partial charge in [0.2, 0.25) is 5.43 Å². The quantitative estimate of drug-likeness (QED) is 0.644. The van der Waals surface area contributed by atoms with Crippen LogP contribution in [0.25, 0.3) is 21.9 Å². The molecule has 30 heavy (non-hydrogen) atoms. The van der Waals surface area contributed by atoms with Crippen LogP contribution in [0.3, 0.4) is 0 Å². The molecule has 6 heteroatoms. The van der Waals surface area contributed by atoms with Gasteiger partial charge in [-0.25, -0.2) is 0 Å². The van der Waals surface area contributed by atoms with Crippen molar-refractivity contribution < 1.29 is 14.3 Å². The Hall–Kier alpha value is -3.15. The van der Waals surface area contributed by atoms with Gasteiger partial charge in [0.25, 0.3) is 0 Å². The van der Waals surface area contributed by atoms with Crippen LogP contribution >= 0.6 is 0 Å². The molecule has 0 unspecified atom stereocenters. The molecule has 3 aromatic rings. The molecule has 0 radical (unpaired) electrons. The molecule has 0 saturated carbocycles. The molecule has 2 aliphatic rings. The molecule has 0 aliphatic carbocycles. The summed E-state index contributed by atoms with van der Waals surface area (Å²) in [5.74, 6) is 0.471. The van der Waals surface area contributed by atoms with Crippen molar-refractivity contribution in [1.82, 2.24) is 4.90 Å². The number of rotatable bonds is 2. The van der Waals surface area contributed by atoms with Crippen molar-refractivity contribution in [3.63, 3.8) is 0 Å². The SMILES string of the molecule is C1CCC2=NCCCN2CC1.O=C(O)Cc1ccc2oc3ccccc3c(=O)c2c1. The van der Waals surface area contributed by atoms with Gasteiger partial charge in [0.1, 0.15) is 11.2 Å². The Labute approximate surface area is 174 Å². The van der Waals surface area contributed by atoms with E-state index in [0.29, 0.717) is 27.5 Å². The first kappa shape index (κ1) is 20.1. The van der Waals surface area contributed by atoms with E-state index in [1.165, 1.54) is 51.0 Å². The summed E-state index contributed by atoms with van der Waals surface area (Å²) in [7, 11) is 0. The van der Waals surface area contributed by atoms with Crippen LogP contribution in [-0.4, -0.2) is 41.4 Å². The number of para-hydroxylation sites is 1. The second-order valence-electron chi connectivity index (χ2n) is 7.78. The van der Waals surface area contributed by atoms with Crippen LogP contribution in [0, 0.1) is 0 Å². The zero-order valence-electron chi connectivity index (χ0n) is 17.0. The molecule has 1 fully saturated rings. The summed E-state index contributed by atoms with van der Waals surface area (Å²) in [5, 5.41) is 9.70. The highest BCUT2D eigenvalue weighted by Crippen LogP contribution is 2.19. The average molecular weight is 406 g/mol. The highest BCUT2D eigenvalue weighted by Gasteiger charge is 2.16. The van der Waals surface area contributed by atoms with Crippen LogP contribution in [0.15, 0.2) is 56.7 Å². The van der Waals surface area contributed by atoms with Crippen molar-refractivity contribution in [1.29, 1.82) is 0 Å². The molecule has 0 amide bonds. The lowest BCUT2D eigenvalue weighted by atomic mass is 10.1. The van der Waals surface area contributed by atoms with Crippen LogP contribution < -0.4 is 5.43 Å². The molecule has 2 aromatic carbocycles. The number of carboxylic acids is 1. The number of amidine groups is 1. The molecule has 0 bridgehead atoms. The minimum absolute atomic E-state index is 0.109. The molecule has 6 nitrogen and oxygen atoms in total. The highest BCUT2D eigenvalue weighted by atomic mass is 16.4. The summed E-state index contributed by atoms with van der Waals surface area (Å²) in [5.41, 5.74) is 1.45. The van der Waals surface area contributed by atoms with Crippen LogP contribution in [0.1, 0.15) is 37.7 Å². The highest BCUT2D eigenvalue weighted by molar-refractivity contribution is 5.90. The van der Waals surface area contributed by atoms with E-state index in [1.54, 1.807) is 42.5 Å². The topological polar surface area (TPSA) is 83.1 Å². The van der Waals surface area contributed by atoms with E-state index in [4.69, 9.17) is 9.52 Å². The Kier molecular flexibility index (Phi) is 6.12. The third-order valence-electron chi connectivity index (χ3n) is 5.57. The Balaban J connectivity index is 0.000000168. The van der Waals surface area contributed by atoms with E-state index in [1.807, 2.05) is 0 Å². The molecule has 1 aromatic heterocycles. The largest absolute Gasteiger partial charge is 0.481 e. The Morgan fingerprint density at radius 2 is 1.80 bits per heavy atom. The second-order valence-corrected chi connectivity index (χ2v) is 7.78. The van der Waals surface area contributed by atoms with Crippen molar-refractivity contribution >= 4 is 33.7 Å². The predicted molar refractivity (Wildman–Crippen MR) is 118 cm³/mol. The van der Waals surface area contributed by atoms with E-state index >= 15 is 0 Å². The zero-order valence-corrected chi connectivity index (χ0v) is 17.0. The van der Waals surface area contributed by atoms with Crippen molar-refractivity contribution in [3.05, 3.63) is 58.3 Å². The van der Waals surface area contributed by atoms with Gasteiger partial charge in [-0.2, -0.15) is 0 Å². The number of aliphatic imine (C=N–C) groups is 1. The van der Waals surface area contributed by atoms with Crippen LogP contribution in [0.5, 0.6) is 0 Å². The fourth-order valence-corrected chi connectivity index (χ4v) is 4.07. The molecule has 0 atom stereocenters. The Morgan fingerprint density at radius 1 is 1.00 bits per heavy atom. The molecule has 0 spiro atoms. The molecule has 1 saturated heterocycles. The summed E-state index contributed by atoms with van der Waals surface area (Å²) >= 11 is 0. The summed E-state index contributed by atoms with van der Waals surface area (Å²) in [4.78, 5) is 30.1. The predicted octanol–water partition coefficient (Wildman–Crippen LogP) is 4.24. The fourth-order valence-electron chi connectivity index (χ4n) is 4.07. The van der Waals surface area contributed by atoms with E-state index in [9.17, 15) is 9.59 Å². The number of carbonyl (C=O) groups is 1. The number of hydrogen-bond acceptors (Lipinski definition) is 5. The van der Waals surface area contributed by atoms with Gasteiger partial charge in [-0.05, 0) is 49.1 Å². The fraction of sp³-hybridized carbons (Fsp3) is 0.375. The average Bonchev–Trinajstić information content (AvgIpc) is 3.00. The maximum atomic E-state index is 12.3. The van der Waals surface area contributed by atoms with Crippen molar-refractivity contribution in [2.45, 2.75) is 38.5 Å². The van der Waals surface area contributed by atoms with Crippen LogP contribution in [0.4, 0.5) is 0 Å². The van der Waals surface area contributed by atoms with Crippen molar-refractivity contribution in [2.75, 3.05) is 19.6 Å². The van der Waals surface area contributed by atoms with Gasteiger partial charge in [-0.3, -0.25) is 14.6 Å². The lowest BCUT2D eigenvalue weighted by Crippen LogP contribution is -2.34. The monoisotopic (exact) mass is 406 g/mol. The molecular weight excluding hydrogens is 380 g/mol. The maximum Gasteiger partial charge on any atom is 0.307 e. The standard InChI is InChI=1S/C15H10O4.C9H16N2/c16-14(17)8-9-5-6-13-11(7-9)15(18)10-3-1-2-4-12(10)19-13;1-2-5-9-10-6-4-8-11(9)7-3-1/h1-7H,8H2,(H,16,17);1-8H2. The van der Waals surface area contributed by atoms with Crippen molar-refractivity contribution in [2.24, 2.45) is 4.99 Å². The Bertz CT molecular complexity index is 1150. The number of nitrogens with zero attached hydrogens (tertiary/aromatic N) is 2. The zero-order chi connectivity index (χ0) is 20.9. The molecule has 5 rings (SSSR count). The molecule has 1 N–H and O–H groups in total. The smallest absolute Gasteiger partial charge is 0.307 e. The summed E-state index contributed by atoms with van der Waals surface area (Å²) in [6.45, 7) is 3.60. The third-order valence-corrected chi connectivity index (χ3v) is 5.57. The lowest BCUT2D eigenvalue weighted by molar-refractivity contribution is -0.136. The van der Waals surface area contributed by atoms with Gasteiger partial charge >= 0.3 is 5.97 Å². The van der Waals surface area contributed by atoms with Gasteiger partial charge in [0.15, 0.2) is 0 Å². The van der Waals surface area contributed by atoms with Gasteiger partial charge < -0.3 is 14.4 Å². The van der Waals surface area contributed by atoms with Gasteiger partial charge in [-0.1, -0.05) is 24.6 Å². The van der Waals surface area contributed by atoms with Gasteiger partial charge in [0.05, 0.1) is 23.0 Å². The maximum absolute atomic E-state index is 12.3. The number of benzene rings is 2. The number of aliphatic carboxylic acids is 1. The molecule has 156 valence electrons. The van der Waals surface area contributed by atoms with Crippen molar-refractivity contribution in [3.8, 4) is 0 Å². The summed E-state index contributed by atoms with van der Waals surface area (Å²) in [6.07, 6.45) is 6.52. The van der Waals surface area contributed by atoms with Gasteiger partial charge in [-0.15, -0.1) is 0 Å². The molecular formula is C24H26N2O4. The number of hydrogen-bond donors (Lipinski definition) is 1. The lowest BCUT2D eigenvalue weighted by Gasteiger charge is -2.27. The van der Waals surface area contributed by atoms with Crippen LogP contribution in [-0.2, 0) is 11.2 Å². The molecule has 3 heterocycles. The third kappa shape index (κ3) is 4.53. The van der Waals surface area contributed by atoms with E-state index in [2.05, 4.69) is 9.89 Å². The van der Waals surface area contributed by atoms with Gasteiger partial charge in [0, 0.05) is 26.1 Å². The first-order valence-corrected chi connectivity index (χ1v) is 10.6. The molecule has 2 aliphatic heterocycles. The first-order chi connectivity index (χ1) is 14.6. The second kappa shape index (κ2) is 9.11. The number of carboxylic acid groups (broad SMARTS) is 1.